The van der Waals surface area contributed by atoms with Gasteiger partial charge in [0, 0.05) is 7.05 Å². The molecule has 2 aromatic carbocycles. The molecule has 2 heterocycles. The molecule has 0 atom stereocenters. The minimum absolute atomic E-state index is 0.112. The Kier molecular flexibility index (Phi) is 3.17. The van der Waals surface area contributed by atoms with Gasteiger partial charge in [-0.1, -0.05) is 24.3 Å². The zero-order chi connectivity index (χ0) is 16.9. The Hall–Kier alpha value is -2.74. The molecule has 2 aromatic heterocycles. The van der Waals surface area contributed by atoms with Crippen LogP contribution in [0, 0.1) is 5.82 Å². The summed E-state index contributed by atoms with van der Waals surface area (Å²) in [5, 5.41) is 7.78. The van der Waals surface area contributed by atoms with Crippen LogP contribution >= 0.6 is 0 Å². The number of benzene rings is 2. The van der Waals surface area contributed by atoms with Crippen molar-refractivity contribution in [1.29, 1.82) is 0 Å². The van der Waals surface area contributed by atoms with E-state index >= 15 is 0 Å². The molecular formula is C16H13FN4O2S. The Bertz CT molecular complexity index is 1160. The lowest BCUT2D eigenvalue weighted by atomic mass is 10.2. The van der Waals surface area contributed by atoms with Crippen LogP contribution in [0.5, 0.6) is 0 Å². The quantitative estimate of drug-likeness (QED) is 0.572. The molecule has 4 aromatic rings. The second-order valence-electron chi connectivity index (χ2n) is 5.55. The molecule has 0 aliphatic rings. The van der Waals surface area contributed by atoms with Crippen molar-refractivity contribution in [1.82, 2.24) is 19.2 Å². The first-order valence-electron chi connectivity index (χ1n) is 7.23. The van der Waals surface area contributed by atoms with Crippen LogP contribution < -0.4 is 0 Å². The van der Waals surface area contributed by atoms with Crippen LogP contribution in [0.2, 0.25) is 0 Å². The molecule has 122 valence electrons. The SMILES string of the molecule is Cn1c2ccccc2n2c(S(=O)(=O)Cc3ccc(F)cc3)nnc12. The Labute approximate surface area is 137 Å². The second-order valence-corrected chi connectivity index (χ2v) is 7.43. The van der Waals surface area contributed by atoms with Crippen LogP contribution in [-0.4, -0.2) is 27.6 Å². The van der Waals surface area contributed by atoms with Crippen molar-refractivity contribution in [3.63, 3.8) is 0 Å². The molecule has 8 heteroatoms. The molecule has 0 spiro atoms. The lowest BCUT2D eigenvalue weighted by molar-refractivity contribution is 0.584. The van der Waals surface area contributed by atoms with Crippen LogP contribution in [0.15, 0.2) is 53.7 Å². The molecule has 0 saturated heterocycles. The van der Waals surface area contributed by atoms with Gasteiger partial charge in [0.05, 0.1) is 16.8 Å². The normalized spacial score (nSPS) is 12.2. The van der Waals surface area contributed by atoms with Crippen LogP contribution in [0.4, 0.5) is 4.39 Å². The number of nitrogens with zero attached hydrogens (tertiary/aromatic N) is 4. The van der Waals surface area contributed by atoms with Crippen molar-refractivity contribution >= 4 is 26.6 Å². The molecule has 0 aliphatic carbocycles. The van der Waals surface area contributed by atoms with E-state index in [2.05, 4.69) is 10.2 Å². The van der Waals surface area contributed by atoms with E-state index in [0.717, 1.165) is 11.0 Å². The van der Waals surface area contributed by atoms with Crippen LogP contribution in [0.1, 0.15) is 5.56 Å². The van der Waals surface area contributed by atoms with Crippen molar-refractivity contribution in [2.75, 3.05) is 0 Å². The van der Waals surface area contributed by atoms with E-state index in [1.54, 1.807) is 4.57 Å². The number of halogens is 1. The van der Waals surface area contributed by atoms with Gasteiger partial charge in [-0.05, 0) is 29.8 Å². The average molecular weight is 344 g/mol. The summed E-state index contributed by atoms with van der Waals surface area (Å²) in [7, 11) is -1.93. The first-order chi connectivity index (χ1) is 11.5. The van der Waals surface area contributed by atoms with Crippen LogP contribution in [0.25, 0.3) is 16.8 Å². The number of para-hydroxylation sites is 2. The third-order valence-corrected chi connectivity index (χ3v) is 5.48. The van der Waals surface area contributed by atoms with E-state index < -0.39 is 15.7 Å². The predicted octanol–water partition coefficient (Wildman–Crippen LogP) is 2.33. The van der Waals surface area contributed by atoms with Crippen molar-refractivity contribution in [3.05, 3.63) is 59.9 Å². The standard InChI is InChI=1S/C16H13FN4O2S/c1-20-13-4-2-3-5-14(13)21-15(20)18-19-16(21)24(22,23)10-11-6-8-12(17)9-7-11/h2-9H,10H2,1H3. The van der Waals surface area contributed by atoms with Gasteiger partial charge in [0.25, 0.3) is 5.16 Å². The zero-order valence-corrected chi connectivity index (χ0v) is 13.5. The maximum absolute atomic E-state index is 13.0. The highest BCUT2D eigenvalue weighted by molar-refractivity contribution is 7.90. The molecule has 0 unspecified atom stereocenters. The topological polar surface area (TPSA) is 69.3 Å². The number of fused-ring (bicyclic) bond motifs is 3. The molecular weight excluding hydrogens is 331 g/mol. The summed E-state index contributed by atoms with van der Waals surface area (Å²) in [4.78, 5) is 0. The van der Waals surface area contributed by atoms with Crippen molar-refractivity contribution in [2.45, 2.75) is 10.9 Å². The summed E-state index contributed by atoms with van der Waals surface area (Å²) in [5.74, 6) is -0.221. The van der Waals surface area contributed by atoms with E-state index in [-0.39, 0.29) is 10.9 Å². The van der Waals surface area contributed by atoms with Crippen LogP contribution in [0.3, 0.4) is 0 Å². The minimum atomic E-state index is -3.73. The number of aryl methyl sites for hydroxylation is 1. The summed E-state index contributed by atoms with van der Waals surface area (Å²) in [6, 6.07) is 12.8. The van der Waals surface area contributed by atoms with Gasteiger partial charge in [-0.25, -0.2) is 17.2 Å². The summed E-state index contributed by atoms with van der Waals surface area (Å²) in [6.45, 7) is 0. The smallest absolute Gasteiger partial charge is 0.256 e. The molecule has 24 heavy (non-hydrogen) atoms. The maximum Gasteiger partial charge on any atom is 0.256 e. The lowest BCUT2D eigenvalue weighted by Gasteiger charge is -2.03. The van der Waals surface area contributed by atoms with Crippen molar-refractivity contribution < 1.29 is 12.8 Å². The van der Waals surface area contributed by atoms with E-state index in [1.165, 1.54) is 28.7 Å². The van der Waals surface area contributed by atoms with Gasteiger partial charge in [-0.15, -0.1) is 10.2 Å². The van der Waals surface area contributed by atoms with Crippen molar-refractivity contribution in [2.24, 2.45) is 7.05 Å². The highest BCUT2D eigenvalue weighted by atomic mass is 32.2. The predicted molar refractivity (Wildman–Crippen MR) is 86.8 cm³/mol. The van der Waals surface area contributed by atoms with Gasteiger partial charge in [0.1, 0.15) is 5.82 Å². The molecule has 0 radical (unpaired) electrons. The lowest BCUT2D eigenvalue weighted by Crippen LogP contribution is -2.09. The first-order valence-corrected chi connectivity index (χ1v) is 8.88. The fourth-order valence-electron chi connectivity index (χ4n) is 2.80. The fourth-order valence-corrected chi connectivity index (χ4v) is 4.18. The maximum atomic E-state index is 13.0. The monoisotopic (exact) mass is 344 g/mol. The highest BCUT2D eigenvalue weighted by Crippen LogP contribution is 2.23. The van der Waals surface area contributed by atoms with E-state index in [9.17, 15) is 12.8 Å². The number of rotatable bonds is 3. The molecule has 6 nitrogen and oxygen atoms in total. The zero-order valence-electron chi connectivity index (χ0n) is 12.7. The molecule has 0 fully saturated rings. The Morgan fingerprint density at radius 1 is 1.00 bits per heavy atom. The number of hydrogen-bond acceptors (Lipinski definition) is 4. The Balaban J connectivity index is 1.89. The van der Waals surface area contributed by atoms with E-state index in [0.29, 0.717) is 11.3 Å². The molecule has 0 aliphatic heterocycles. The number of imidazole rings is 1. The Morgan fingerprint density at radius 2 is 1.67 bits per heavy atom. The molecule has 0 bridgehead atoms. The Morgan fingerprint density at radius 3 is 2.38 bits per heavy atom. The minimum Gasteiger partial charge on any atom is -0.311 e. The molecule has 4 rings (SSSR count). The number of aromatic nitrogens is 4. The van der Waals surface area contributed by atoms with Gasteiger partial charge in [-0.2, -0.15) is 0 Å². The van der Waals surface area contributed by atoms with Crippen molar-refractivity contribution in [3.8, 4) is 0 Å². The van der Waals surface area contributed by atoms with E-state index in [4.69, 9.17) is 0 Å². The number of sulfone groups is 1. The fraction of sp³-hybridized carbons (Fsp3) is 0.125. The van der Waals surface area contributed by atoms with Gasteiger partial charge in [0.2, 0.25) is 15.6 Å². The summed E-state index contributed by atoms with van der Waals surface area (Å²) >= 11 is 0. The van der Waals surface area contributed by atoms with Crippen LogP contribution in [-0.2, 0) is 22.6 Å². The largest absolute Gasteiger partial charge is 0.311 e. The second kappa shape index (κ2) is 5.13. The summed E-state index contributed by atoms with van der Waals surface area (Å²) in [6.07, 6.45) is 0. The molecule has 0 amide bonds. The summed E-state index contributed by atoms with van der Waals surface area (Å²) < 4.78 is 41.9. The van der Waals surface area contributed by atoms with Gasteiger partial charge >= 0.3 is 0 Å². The van der Waals surface area contributed by atoms with Gasteiger partial charge < -0.3 is 4.57 Å². The summed E-state index contributed by atoms with van der Waals surface area (Å²) in [5.41, 5.74) is 2.08. The van der Waals surface area contributed by atoms with Gasteiger partial charge in [0.15, 0.2) is 0 Å². The number of hydrogen-bond donors (Lipinski definition) is 0. The molecule has 0 N–H and O–H groups in total. The van der Waals surface area contributed by atoms with E-state index in [1.807, 2.05) is 31.3 Å². The average Bonchev–Trinajstić information content (AvgIpc) is 3.11. The first kappa shape index (κ1) is 14.8. The molecule has 0 saturated carbocycles. The third-order valence-electron chi connectivity index (χ3n) is 3.95. The third kappa shape index (κ3) is 2.18. The van der Waals surface area contributed by atoms with Gasteiger partial charge in [-0.3, -0.25) is 0 Å². The highest BCUT2D eigenvalue weighted by Gasteiger charge is 2.25.